The van der Waals surface area contributed by atoms with E-state index in [0.29, 0.717) is 28.9 Å². The van der Waals surface area contributed by atoms with Crippen LogP contribution in [0.25, 0.3) is 16.9 Å². The molecule has 0 N–H and O–H groups in total. The highest BCUT2D eigenvalue weighted by Crippen LogP contribution is 2.30. The lowest BCUT2D eigenvalue weighted by Crippen LogP contribution is -2.00. The van der Waals surface area contributed by atoms with Crippen LogP contribution in [0.3, 0.4) is 0 Å². The van der Waals surface area contributed by atoms with Gasteiger partial charge in [0, 0.05) is 6.07 Å². The lowest BCUT2D eigenvalue weighted by Gasteiger charge is -2.06. The zero-order valence-corrected chi connectivity index (χ0v) is 12.1. The largest absolute Gasteiger partial charge is 0.490 e. The van der Waals surface area contributed by atoms with Crippen LogP contribution >= 0.6 is 11.6 Å². The van der Waals surface area contributed by atoms with Gasteiger partial charge in [0.25, 0.3) is 0 Å². The minimum atomic E-state index is 0.340. The Morgan fingerprint density at radius 2 is 2.20 bits per heavy atom. The van der Waals surface area contributed by atoms with E-state index < -0.39 is 0 Å². The summed E-state index contributed by atoms with van der Waals surface area (Å²) in [4.78, 5) is 4.36. The number of nitrogens with zero attached hydrogens (tertiary/aromatic N) is 4. The molecule has 0 aliphatic carbocycles. The fraction of sp³-hybridized carbons (Fsp3) is 0.308. The Labute approximate surface area is 120 Å². The molecular formula is C13H13ClN4O2. The molecule has 3 heterocycles. The number of ether oxygens (including phenoxy) is 1. The first-order valence-corrected chi connectivity index (χ1v) is 6.60. The Hall–Kier alpha value is -2.08. The van der Waals surface area contributed by atoms with Gasteiger partial charge in [-0.05, 0) is 20.8 Å². The summed E-state index contributed by atoms with van der Waals surface area (Å²) < 4.78 is 12.4. The van der Waals surface area contributed by atoms with Crippen molar-refractivity contribution in [3.8, 4) is 17.0 Å². The fourth-order valence-electron chi connectivity index (χ4n) is 2.19. The third-order valence-corrected chi connectivity index (χ3v) is 3.18. The van der Waals surface area contributed by atoms with Gasteiger partial charge in [0.1, 0.15) is 5.76 Å². The Balaban J connectivity index is 2.29. The van der Waals surface area contributed by atoms with Gasteiger partial charge in [0.05, 0.1) is 29.8 Å². The van der Waals surface area contributed by atoms with Crippen molar-refractivity contribution < 1.29 is 9.26 Å². The van der Waals surface area contributed by atoms with Crippen LogP contribution in [0.15, 0.2) is 16.8 Å². The molecule has 3 rings (SSSR count). The summed E-state index contributed by atoms with van der Waals surface area (Å²) in [5.74, 6) is 1.31. The molecule has 0 saturated carbocycles. The van der Waals surface area contributed by atoms with Crippen molar-refractivity contribution in [3.63, 3.8) is 0 Å². The van der Waals surface area contributed by atoms with Gasteiger partial charge in [0.2, 0.25) is 0 Å². The van der Waals surface area contributed by atoms with Crippen LogP contribution in [0.1, 0.15) is 18.4 Å². The highest BCUT2D eigenvalue weighted by molar-refractivity contribution is 6.29. The van der Waals surface area contributed by atoms with Crippen LogP contribution in [0, 0.1) is 13.8 Å². The van der Waals surface area contributed by atoms with E-state index in [0.717, 1.165) is 17.0 Å². The highest BCUT2D eigenvalue weighted by atomic mass is 35.5. The molecule has 0 spiro atoms. The van der Waals surface area contributed by atoms with Gasteiger partial charge in [-0.15, -0.1) is 0 Å². The van der Waals surface area contributed by atoms with Crippen molar-refractivity contribution in [1.82, 2.24) is 19.8 Å². The van der Waals surface area contributed by atoms with Gasteiger partial charge >= 0.3 is 0 Å². The predicted octanol–water partition coefficient (Wildman–Crippen LogP) is 3.05. The van der Waals surface area contributed by atoms with E-state index in [2.05, 4.69) is 15.2 Å². The SMILES string of the molecule is CCOc1cc(Cl)nn2c(-c3c(C)noc3C)cnc12. The van der Waals surface area contributed by atoms with Gasteiger partial charge in [-0.2, -0.15) is 5.10 Å². The molecule has 0 atom stereocenters. The van der Waals surface area contributed by atoms with Gasteiger partial charge in [-0.3, -0.25) is 0 Å². The van der Waals surface area contributed by atoms with E-state index in [1.165, 1.54) is 0 Å². The molecule has 0 bridgehead atoms. The van der Waals surface area contributed by atoms with Crippen molar-refractivity contribution in [1.29, 1.82) is 0 Å². The third kappa shape index (κ3) is 1.92. The number of aromatic nitrogens is 4. The summed E-state index contributed by atoms with van der Waals surface area (Å²) in [5, 5.41) is 8.58. The smallest absolute Gasteiger partial charge is 0.197 e. The summed E-state index contributed by atoms with van der Waals surface area (Å²) in [5.41, 5.74) is 3.05. The van der Waals surface area contributed by atoms with E-state index >= 15 is 0 Å². The summed E-state index contributed by atoms with van der Waals surface area (Å²) in [6, 6.07) is 1.66. The Morgan fingerprint density at radius 3 is 2.85 bits per heavy atom. The number of imidazole rings is 1. The number of hydrogen-bond acceptors (Lipinski definition) is 5. The summed E-state index contributed by atoms with van der Waals surface area (Å²) >= 11 is 6.05. The number of hydrogen-bond donors (Lipinski definition) is 0. The number of aryl methyl sites for hydroxylation is 2. The van der Waals surface area contributed by atoms with Crippen LogP contribution in [-0.4, -0.2) is 26.4 Å². The van der Waals surface area contributed by atoms with Gasteiger partial charge < -0.3 is 9.26 Å². The molecule has 0 amide bonds. The minimum Gasteiger partial charge on any atom is -0.490 e. The van der Waals surface area contributed by atoms with Crippen molar-refractivity contribution in [2.45, 2.75) is 20.8 Å². The van der Waals surface area contributed by atoms with Gasteiger partial charge in [-0.1, -0.05) is 16.8 Å². The molecule has 3 aromatic rings. The molecule has 0 saturated heterocycles. The Bertz CT molecular complexity index is 759. The van der Waals surface area contributed by atoms with E-state index in [1.54, 1.807) is 16.8 Å². The molecule has 7 heteroatoms. The van der Waals surface area contributed by atoms with E-state index in [-0.39, 0.29) is 0 Å². The Morgan fingerprint density at radius 1 is 1.40 bits per heavy atom. The average Bonchev–Trinajstić information content (AvgIpc) is 2.94. The predicted molar refractivity (Wildman–Crippen MR) is 74.1 cm³/mol. The zero-order valence-electron chi connectivity index (χ0n) is 11.3. The van der Waals surface area contributed by atoms with Crippen LogP contribution in [-0.2, 0) is 0 Å². The van der Waals surface area contributed by atoms with Crippen molar-refractivity contribution in [3.05, 3.63) is 28.9 Å². The molecule has 20 heavy (non-hydrogen) atoms. The van der Waals surface area contributed by atoms with Crippen LogP contribution in [0.4, 0.5) is 0 Å². The molecule has 0 aliphatic heterocycles. The molecule has 0 aliphatic rings. The van der Waals surface area contributed by atoms with E-state index in [4.69, 9.17) is 20.9 Å². The van der Waals surface area contributed by atoms with Gasteiger partial charge in [-0.25, -0.2) is 9.50 Å². The molecule has 0 aromatic carbocycles. The first-order chi connectivity index (χ1) is 9.61. The second kappa shape index (κ2) is 4.79. The van der Waals surface area contributed by atoms with E-state index in [9.17, 15) is 0 Å². The average molecular weight is 293 g/mol. The minimum absolute atomic E-state index is 0.340. The summed E-state index contributed by atoms with van der Waals surface area (Å²) in [7, 11) is 0. The Kier molecular flexibility index (Phi) is 3.10. The maximum absolute atomic E-state index is 6.05. The quantitative estimate of drug-likeness (QED) is 0.742. The van der Waals surface area contributed by atoms with Gasteiger partial charge in [0.15, 0.2) is 16.5 Å². The van der Waals surface area contributed by atoms with Crippen LogP contribution in [0.5, 0.6) is 5.75 Å². The topological polar surface area (TPSA) is 65.5 Å². The molecule has 104 valence electrons. The maximum Gasteiger partial charge on any atom is 0.197 e. The lowest BCUT2D eigenvalue weighted by atomic mass is 10.1. The maximum atomic E-state index is 6.05. The van der Waals surface area contributed by atoms with Crippen LogP contribution in [0.2, 0.25) is 5.15 Å². The first kappa shape index (κ1) is 12.9. The van der Waals surface area contributed by atoms with Crippen LogP contribution < -0.4 is 4.74 Å². The summed E-state index contributed by atoms with van der Waals surface area (Å²) in [6.07, 6.45) is 1.72. The number of halogens is 1. The molecule has 0 radical (unpaired) electrons. The third-order valence-electron chi connectivity index (χ3n) is 2.99. The molecule has 0 unspecified atom stereocenters. The normalized spacial score (nSPS) is 11.2. The zero-order chi connectivity index (χ0) is 14.3. The number of rotatable bonds is 3. The first-order valence-electron chi connectivity index (χ1n) is 6.22. The molecule has 3 aromatic heterocycles. The standard InChI is InChI=1S/C13H13ClN4O2/c1-4-19-10-5-11(14)16-18-9(6-15-13(10)18)12-7(2)17-20-8(12)3/h5-6H,4H2,1-3H3. The fourth-order valence-corrected chi connectivity index (χ4v) is 2.37. The molecule has 0 fully saturated rings. The van der Waals surface area contributed by atoms with Crippen molar-refractivity contribution in [2.24, 2.45) is 0 Å². The summed E-state index contributed by atoms with van der Waals surface area (Å²) in [6.45, 7) is 6.16. The van der Waals surface area contributed by atoms with Crippen molar-refractivity contribution >= 4 is 17.2 Å². The second-order valence-electron chi connectivity index (χ2n) is 4.34. The van der Waals surface area contributed by atoms with Crippen molar-refractivity contribution in [2.75, 3.05) is 6.61 Å². The van der Waals surface area contributed by atoms with E-state index in [1.807, 2.05) is 20.8 Å². The molecular weight excluding hydrogens is 280 g/mol. The highest BCUT2D eigenvalue weighted by Gasteiger charge is 2.19. The lowest BCUT2D eigenvalue weighted by molar-refractivity contribution is 0.341. The monoisotopic (exact) mass is 292 g/mol. The number of fused-ring (bicyclic) bond motifs is 1. The second-order valence-corrected chi connectivity index (χ2v) is 4.73. The molecule has 6 nitrogen and oxygen atoms in total.